The monoisotopic (exact) mass is 344 g/mol. The summed E-state index contributed by atoms with van der Waals surface area (Å²) in [6.45, 7) is 0. The number of nitrogens with zero attached hydrogens (tertiary/aromatic N) is 1. The highest BCUT2D eigenvalue weighted by atomic mass is 35.5. The number of benzene rings is 3. The van der Waals surface area contributed by atoms with Crippen LogP contribution in [0.4, 0.5) is 0 Å². The van der Waals surface area contributed by atoms with E-state index in [4.69, 9.17) is 16.6 Å². The Morgan fingerprint density at radius 2 is 1.32 bits per heavy atom. The number of allylic oxidation sites excluding steroid dienone is 1. The Bertz CT molecular complexity index is 915. The normalized spacial score (nSPS) is 19.2. The molecule has 4 rings (SSSR count). The fraction of sp³-hybridized carbons (Fsp3) is 0.0455. The molecule has 0 bridgehead atoms. The molecule has 3 heteroatoms. The second-order valence-corrected chi connectivity index (χ2v) is 6.37. The Labute approximate surface area is 152 Å². The largest absolute Gasteiger partial charge is 0.353 e. The van der Waals surface area contributed by atoms with E-state index in [1.807, 2.05) is 73.0 Å². The van der Waals surface area contributed by atoms with Crippen LogP contribution < -0.4 is 5.32 Å². The molecule has 2 nitrogen and oxygen atoms in total. The summed E-state index contributed by atoms with van der Waals surface area (Å²) in [4.78, 5) is 4.85. The van der Waals surface area contributed by atoms with Crippen molar-refractivity contribution in [1.29, 1.82) is 0 Å². The predicted molar refractivity (Wildman–Crippen MR) is 105 cm³/mol. The molecule has 0 saturated heterocycles. The summed E-state index contributed by atoms with van der Waals surface area (Å²) in [7, 11) is 0. The van der Waals surface area contributed by atoms with Gasteiger partial charge in [-0.3, -0.25) is 4.99 Å². The van der Waals surface area contributed by atoms with Crippen molar-refractivity contribution in [2.45, 2.75) is 5.66 Å². The van der Waals surface area contributed by atoms with Crippen molar-refractivity contribution in [3.63, 3.8) is 0 Å². The molecular formula is C22H17ClN2. The van der Waals surface area contributed by atoms with Gasteiger partial charge in [0.25, 0.3) is 0 Å². The van der Waals surface area contributed by atoms with Gasteiger partial charge < -0.3 is 5.32 Å². The molecule has 1 unspecified atom stereocenters. The van der Waals surface area contributed by atoms with E-state index >= 15 is 0 Å². The van der Waals surface area contributed by atoms with E-state index in [-0.39, 0.29) is 0 Å². The van der Waals surface area contributed by atoms with Gasteiger partial charge in [-0.25, -0.2) is 0 Å². The van der Waals surface area contributed by atoms with Crippen LogP contribution in [0.1, 0.15) is 16.7 Å². The number of rotatable bonds is 3. The third-order valence-electron chi connectivity index (χ3n) is 4.36. The van der Waals surface area contributed by atoms with Crippen LogP contribution in [0.2, 0.25) is 5.02 Å². The zero-order valence-corrected chi connectivity index (χ0v) is 14.3. The van der Waals surface area contributed by atoms with Gasteiger partial charge in [-0.05, 0) is 23.8 Å². The number of hydrogen-bond donors (Lipinski definition) is 1. The average Bonchev–Trinajstić information content (AvgIpc) is 2.70. The quantitative estimate of drug-likeness (QED) is 0.689. The lowest BCUT2D eigenvalue weighted by Gasteiger charge is -2.36. The van der Waals surface area contributed by atoms with Crippen molar-refractivity contribution in [2.24, 2.45) is 4.99 Å². The first-order valence-electron chi connectivity index (χ1n) is 8.19. The minimum atomic E-state index is -0.675. The summed E-state index contributed by atoms with van der Waals surface area (Å²) in [6.07, 6.45) is 3.88. The van der Waals surface area contributed by atoms with Crippen molar-refractivity contribution in [3.8, 4) is 0 Å². The first-order chi connectivity index (χ1) is 12.3. The minimum absolute atomic E-state index is 0.675. The lowest BCUT2D eigenvalue weighted by molar-refractivity contribution is 0.491. The van der Waals surface area contributed by atoms with Crippen LogP contribution in [-0.4, -0.2) is 6.21 Å². The summed E-state index contributed by atoms with van der Waals surface area (Å²) >= 11 is 6.10. The third kappa shape index (κ3) is 2.97. The van der Waals surface area contributed by atoms with Gasteiger partial charge in [-0.15, -0.1) is 0 Å². The maximum atomic E-state index is 6.10. The van der Waals surface area contributed by atoms with Crippen molar-refractivity contribution in [1.82, 2.24) is 5.32 Å². The summed E-state index contributed by atoms with van der Waals surface area (Å²) in [5, 5.41) is 4.37. The summed E-state index contributed by atoms with van der Waals surface area (Å²) in [6, 6.07) is 28.4. The lowest BCUT2D eigenvalue weighted by Crippen LogP contribution is -2.42. The predicted octanol–water partition coefficient (Wildman–Crippen LogP) is 5.26. The number of nitrogens with one attached hydrogen (secondary N) is 1. The van der Waals surface area contributed by atoms with Crippen molar-refractivity contribution >= 4 is 23.5 Å². The number of aliphatic imine (C=N–C) groups is 1. The molecule has 0 radical (unpaired) electrons. The van der Waals surface area contributed by atoms with Gasteiger partial charge >= 0.3 is 0 Å². The van der Waals surface area contributed by atoms with E-state index in [2.05, 4.69) is 29.6 Å². The van der Waals surface area contributed by atoms with Crippen LogP contribution in [-0.2, 0) is 5.66 Å². The van der Waals surface area contributed by atoms with Gasteiger partial charge in [0.15, 0.2) is 5.66 Å². The minimum Gasteiger partial charge on any atom is -0.353 e. The Balaban J connectivity index is 1.84. The molecule has 1 aliphatic rings. The van der Waals surface area contributed by atoms with Gasteiger partial charge in [0.2, 0.25) is 0 Å². The molecular weight excluding hydrogens is 328 g/mol. The van der Waals surface area contributed by atoms with Gasteiger partial charge in [0, 0.05) is 28.1 Å². The van der Waals surface area contributed by atoms with Gasteiger partial charge in [0.05, 0.1) is 0 Å². The molecule has 1 atom stereocenters. The zero-order valence-electron chi connectivity index (χ0n) is 13.6. The molecule has 3 aromatic rings. The summed E-state index contributed by atoms with van der Waals surface area (Å²) in [5.74, 6) is 0. The van der Waals surface area contributed by atoms with Crippen LogP contribution in [0.25, 0.3) is 5.70 Å². The maximum Gasteiger partial charge on any atom is 0.181 e. The topological polar surface area (TPSA) is 24.4 Å². The Kier molecular flexibility index (Phi) is 4.12. The van der Waals surface area contributed by atoms with Crippen molar-refractivity contribution in [3.05, 3.63) is 113 Å². The maximum absolute atomic E-state index is 6.10. The Morgan fingerprint density at radius 1 is 0.720 bits per heavy atom. The van der Waals surface area contributed by atoms with E-state index in [0.717, 1.165) is 22.4 Å². The molecule has 0 aromatic heterocycles. The lowest BCUT2D eigenvalue weighted by atomic mass is 9.89. The van der Waals surface area contributed by atoms with Gasteiger partial charge in [-0.2, -0.15) is 0 Å². The van der Waals surface area contributed by atoms with E-state index < -0.39 is 5.66 Å². The Morgan fingerprint density at radius 3 is 2.00 bits per heavy atom. The first kappa shape index (κ1) is 15.7. The molecule has 0 aliphatic carbocycles. The molecule has 1 aliphatic heterocycles. The average molecular weight is 345 g/mol. The van der Waals surface area contributed by atoms with Crippen LogP contribution >= 0.6 is 11.6 Å². The molecule has 0 spiro atoms. The molecule has 3 aromatic carbocycles. The molecule has 0 saturated carbocycles. The first-order valence-corrected chi connectivity index (χ1v) is 8.56. The highest BCUT2D eigenvalue weighted by Crippen LogP contribution is 2.35. The SMILES string of the molecule is Clc1ccc(C2(c3ccccc3)N=CC=C(c3ccccc3)N2)cc1. The standard InChI is InChI=1S/C22H17ClN2/c23-20-13-11-19(12-14-20)22(18-9-5-2-6-10-18)24-16-15-21(25-22)17-7-3-1-4-8-17/h1-16,25H. The smallest absolute Gasteiger partial charge is 0.181 e. The van der Waals surface area contributed by atoms with Crippen molar-refractivity contribution < 1.29 is 0 Å². The second kappa shape index (κ2) is 6.58. The Hall–Kier alpha value is -2.84. The number of halogens is 1. The molecule has 1 heterocycles. The third-order valence-corrected chi connectivity index (χ3v) is 4.62. The summed E-state index contributed by atoms with van der Waals surface area (Å²) in [5.41, 5.74) is 3.61. The van der Waals surface area contributed by atoms with Crippen LogP contribution in [0.3, 0.4) is 0 Å². The molecule has 1 N–H and O–H groups in total. The fourth-order valence-electron chi connectivity index (χ4n) is 3.11. The van der Waals surface area contributed by atoms with E-state index in [1.165, 1.54) is 0 Å². The molecule has 0 amide bonds. The highest BCUT2D eigenvalue weighted by molar-refractivity contribution is 6.30. The molecule has 25 heavy (non-hydrogen) atoms. The van der Waals surface area contributed by atoms with E-state index in [0.29, 0.717) is 5.02 Å². The van der Waals surface area contributed by atoms with Gasteiger partial charge in [-0.1, -0.05) is 84.4 Å². The molecule has 0 fully saturated rings. The highest BCUT2D eigenvalue weighted by Gasteiger charge is 2.35. The number of hydrogen-bond acceptors (Lipinski definition) is 2. The van der Waals surface area contributed by atoms with Crippen LogP contribution in [0, 0.1) is 0 Å². The fourth-order valence-corrected chi connectivity index (χ4v) is 3.24. The molecule has 122 valence electrons. The van der Waals surface area contributed by atoms with E-state index in [9.17, 15) is 0 Å². The van der Waals surface area contributed by atoms with Gasteiger partial charge in [0.1, 0.15) is 0 Å². The van der Waals surface area contributed by atoms with Crippen LogP contribution in [0.5, 0.6) is 0 Å². The second-order valence-electron chi connectivity index (χ2n) is 5.93. The van der Waals surface area contributed by atoms with Crippen LogP contribution in [0.15, 0.2) is 96.0 Å². The van der Waals surface area contributed by atoms with Crippen molar-refractivity contribution in [2.75, 3.05) is 0 Å². The zero-order chi connectivity index (χ0) is 17.1. The van der Waals surface area contributed by atoms with E-state index in [1.54, 1.807) is 0 Å². The summed E-state index contributed by atoms with van der Waals surface area (Å²) < 4.78 is 0.